The highest BCUT2D eigenvalue weighted by Crippen LogP contribution is 2.15. The Morgan fingerprint density at radius 2 is 2.18 bits per heavy atom. The first-order valence-electron chi connectivity index (χ1n) is 5.90. The van der Waals surface area contributed by atoms with E-state index >= 15 is 0 Å². The van der Waals surface area contributed by atoms with E-state index in [0.29, 0.717) is 19.0 Å². The minimum Gasteiger partial charge on any atom is -0.439 e. The van der Waals surface area contributed by atoms with Crippen LogP contribution in [-0.2, 0) is 6.54 Å². The van der Waals surface area contributed by atoms with Gasteiger partial charge in [-0.3, -0.25) is 4.90 Å². The number of oxazole rings is 1. The number of hydrogen-bond acceptors (Lipinski definition) is 4. The lowest BCUT2D eigenvalue weighted by Crippen LogP contribution is -2.28. The van der Waals surface area contributed by atoms with E-state index in [0.717, 1.165) is 17.5 Å². The van der Waals surface area contributed by atoms with Crippen molar-refractivity contribution in [3.8, 4) is 0 Å². The van der Waals surface area contributed by atoms with Crippen LogP contribution in [0.1, 0.15) is 19.2 Å². The molecule has 0 radical (unpaired) electrons. The molecular formula is C13H18N2O2. The molecule has 1 aromatic carbocycles. The molecule has 0 aliphatic heterocycles. The fourth-order valence-corrected chi connectivity index (χ4v) is 1.77. The number of likely N-dealkylation sites (N-methyl/N-ethyl adjacent to an activating group) is 1. The maximum Gasteiger partial charge on any atom is 0.209 e. The molecule has 0 aliphatic rings. The van der Waals surface area contributed by atoms with Gasteiger partial charge in [0, 0.05) is 6.54 Å². The predicted octanol–water partition coefficient (Wildman–Crippen LogP) is 2.03. The quantitative estimate of drug-likeness (QED) is 0.860. The summed E-state index contributed by atoms with van der Waals surface area (Å²) in [7, 11) is 1.95. The number of aliphatic hydroxyl groups excluding tert-OH is 1. The van der Waals surface area contributed by atoms with Gasteiger partial charge in [-0.15, -0.1) is 0 Å². The number of nitrogens with zero attached hydrogens (tertiary/aromatic N) is 2. The third-order valence-corrected chi connectivity index (χ3v) is 2.74. The molecule has 0 unspecified atom stereocenters. The van der Waals surface area contributed by atoms with Gasteiger partial charge in [0.15, 0.2) is 5.58 Å². The summed E-state index contributed by atoms with van der Waals surface area (Å²) in [5.41, 5.74) is 1.69. The second-order valence-corrected chi connectivity index (χ2v) is 4.33. The Morgan fingerprint density at radius 1 is 1.41 bits per heavy atom. The van der Waals surface area contributed by atoms with E-state index < -0.39 is 0 Å². The van der Waals surface area contributed by atoms with Crippen molar-refractivity contribution in [1.29, 1.82) is 0 Å². The van der Waals surface area contributed by atoms with E-state index in [1.807, 2.05) is 43.1 Å². The number of aromatic nitrogens is 1. The van der Waals surface area contributed by atoms with Crippen LogP contribution in [0.5, 0.6) is 0 Å². The van der Waals surface area contributed by atoms with Crippen molar-refractivity contribution in [1.82, 2.24) is 9.88 Å². The average Bonchev–Trinajstić information content (AvgIpc) is 2.70. The Balaban J connectivity index is 2.03. The number of fused-ring (bicyclic) bond motifs is 1. The monoisotopic (exact) mass is 234 g/mol. The largest absolute Gasteiger partial charge is 0.439 e. The summed E-state index contributed by atoms with van der Waals surface area (Å²) in [6, 6.07) is 7.72. The normalized spacial score (nSPS) is 13.4. The van der Waals surface area contributed by atoms with Crippen LogP contribution in [0.2, 0.25) is 0 Å². The Labute approximate surface area is 101 Å². The molecule has 4 nitrogen and oxygen atoms in total. The van der Waals surface area contributed by atoms with Gasteiger partial charge in [-0.1, -0.05) is 19.1 Å². The first kappa shape index (κ1) is 12.1. The molecule has 1 atom stereocenters. The van der Waals surface area contributed by atoms with Crippen LogP contribution < -0.4 is 0 Å². The van der Waals surface area contributed by atoms with E-state index in [9.17, 15) is 5.11 Å². The molecule has 0 amide bonds. The first-order chi connectivity index (χ1) is 8.19. The molecule has 0 saturated heterocycles. The van der Waals surface area contributed by atoms with Crippen molar-refractivity contribution < 1.29 is 9.52 Å². The zero-order valence-electron chi connectivity index (χ0n) is 10.3. The maximum atomic E-state index is 9.55. The van der Waals surface area contributed by atoms with Crippen LogP contribution in [0.25, 0.3) is 11.1 Å². The van der Waals surface area contributed by atoms with Gasteiger partial charge in [0.1, 0.15) is 5.52 Å². The van der Waals surface area contributed by atoms with Gasteiger partial charge in [-0.25, -0.2) is 4.98 Å². The van der Waals surface area contributed by atoms with Gasteiger partial charge in [0.05, 0.1) is 12.6 Å². The summed E-state index contributed by atoms with van der Waals surface area (Å²) in [5.74, 6) is 0.692. The number of hydrogen-bond donors (Lipinski definition) is 1. The molecule has 4 heteroatoms. The Bertz CT molecular complexity index is 448. The summed E-state index contributed by atoms with van der Waals surface area (Å²) in [4.78, 5) is 6.41. The van der Waals surface area contributed by atoms with Crippen molar-refractivity contribution in [3.63, 3.8) is 0 Å². The number of para-hydroxylation sites is 2. The number of aliphatic hydroxyl groups is 1. The molecular weight excluding hydrogens is 216 g/mol. The molecule has 0 fully saturated rings. The fraction of sp³-hybridized carbons (Fsp3) is 0.462. The lowest BCUT2D eigenvalue weighted by atomic mass is 10.2. The van der Waals surface area contributed by atoms with Crippen LogP contribution >= 0.6 is 0 Å². The molecule has 1 aromatic heterocycles. The van der Waals surface area contributed by atoms with E-state index in [2.05, 4.69) is 4.98 Å². The average molecular weight is 234 g/mol. The molecule has 2 aromatic rings. The molecule has 0 aliphatic carbocycles. The summed E-state index contributed by atoms with van der Waals surface area (Å²) in [6.07, 6.45) is 0.474. The highest BCUT2D eigenvalue weighted by molar-refractivity contribution is 5.72. The lowest BCUT2D eigenvalue weighted by Gasteiger charge is -2.17. The highest BCUT2D eigenvalue weighted by Gasteiger charge is 2.10. The lowest BCUT2D eigenvalue weighted by molar-refractivity contribution is 0.115. The third-order valence-electron chi connectivity index (χ3n) is 2.74. The Hall–Kier alpha value is -1.39. The van der Waals surface area contributed by atoms with Crippen LogP contribution in [0.15, 0.2) is 28.7 Å². The second kappa shape index (κ2) is 5.29. The molecule has 1 N–H and O–H groups in total. The van der Waals surface area contributed by atoms with Gasteiger partial charge in [0.2, 0.25) is 5.89 Å². The highest BCUT2D eigenvalue weighted by atomic mass is 16.3. The Morgan fingerprint density at radius 3 is 2.88 bits per heavy atom. The summed E-state index contributed by atoms with van der Waals surface area (Å²) < 4.78 is 5.62. The van der Waals surface area contributed by atoms with Crippen LogP contribution in [0.4, 0.5) is 0 Å². The second-order valence-electron chi connectivity index (χ2n) is 4.33. The molecule has 0 saturated carbocycles. The van der Waals surface area contributed by atoms with Crippen LogP contribution in [0, 0.1) is 0 Å². The van der Waals surface area contributed by atoms with Crippen LogP contribution in [-0.4, -0.2) is 34.7 Å². The molecule has 1 heterocycles. The van der Waals surface area contributed by atoms with Gasteiger partial charge < -0.3 is 9.52 Å². The van der Waals surface area contributed by atoms with Crippen molar-refractivity contribution in [3.05, 3.63) is 30.2 Å². The van der Waals surface area contributed by atoms with Crippen molar-refractivity contribution >= 4 is 11.1 Å². The predicted molar refractivity (Wildman–Crippen MR) is 66.6 cm³/mol. The molecule has 92 valence electrons. The number of benzene rings is 1. The minimum absolute atomic E-state index is 0.288. The first-order valence-corrected chi connectivity index (χ1v) is 5.90. The fourth-order valence-electron chi connectivity index (χ4n) is 1.77. The standard InChI is InChI=1S/C13H18N2O2/c1-3-10(16)8-15(2)9-13-14-11-6-4-5-7-12(11)17-13/h4-7,10,16H,3,8-9H2,1-2H3/t10-/m1/s1. The van der Waals surface area contributed by atoms with Crippen molar-refractivity contribution in [2.75, 3.05) is 13.6 Å². The maximum absolute atomic E-state index is 9.55. The third kappa shape index (κ3) is 3.05. The van der Waals surface area contributed by atoms with Gasteiger partial charge in [-0.05, 0) is 25.6 Å². The molecule has 0 spiro atoms. The summed E-state index contributed by atoms with van der Waals surface area (Å²) in [5, 5.41) is 9.55. The van der Waals surface area contributed by atoms with Gasteiger partial charge >= 0.3 is 0 Å². The number of rotatable bonds is 5. The Kier molecular flexibility index (Phi) is 3.76. The van der Waals surface area contributed by atoms with Gasteiger partial charge in [-0.2, -0.15) is 0 Å². The van der Waals surface area contributed by atoms with E-state index in [1.165, 1.54) is 0 Å². The SMILES string of the molecule is CC[C@@H](O)CN(C)Cc1nc2ccccc2o1. The van der Waals surface area contributed by atoms with E-state index in [-0.39, 0.29) is 6.10 Å². The molecule has 0 bridgehead atoms. The van der Waals surface area contributed by atoms with Crippen molar-refractivity contribution in [2.24, 2.45) is 0 Å². The zero-order valence-corrected chi connectivity index (χ0v) is 10.3. The van der Waals surface area contributed by atoms with Crippen LogP contribution in [0.3, 0.4) is 0 Å². The topological polar surface area (TPSA) is 49.5 Å². The van der Waals surface area contributed by atoms with Crippen molar-refractivity contribution in [2.45, 2.75) is 26.0 Å². The minimum atomic E-state index is -0.288. The zero-order chi connectivity index (χ0) is 12.3. The van der Waals surface area contributed by atoms with E-state index in [1.54, 1.807) is 0 Å². The van der Waals surface area contributed by atoms with E-state index in [4.69, 9.17) is 4.42 Å². The molecule has 17 heavy (non-hydrogen) atoms. The molecule has 2 rings (SSSR count). The smallest absolute Gasteiger partial charge is 0.209 e. The van der Waals surface area contributed by atoms with Gasteiger partial charge in [0.25, 0.3) is 0 Å². The summed E-state index contributed by atoms with van der Waals surface area (Å²) >= 11 is 0. The summed E-state index contributed by atoms with van der Waals surface area (Å²) in [6.45, 7) is 3.22.